The topological polar surface area (TPSA) is 41.1 Å². The van der Waals surface area contributed by atoms with Crippen molar-refractivity contribution in [3.63, 3.8) is 0 Å². The molecule has 0 radical (unpaired) electrons. The Hall–Kier alpha value is -0.570. The van der Waals surface area contributed by atoms with Crippen molar-refractivity contribution >= 4 is 5.91 Å². The molecule has 0 heterocycles. The molecule has 0 spiro atoms. The Morgan fingerprint density at radius 3 is 2.38 bits per heavy atom. The number of amides is 1. The molecule has 0 aromatic carbocycles. The number of hydrogen-bond acceptors (Lipinski definition) is 2. The number of carbonyl (C=O) groups excluding carboxylic acids is 1. The van der Waals surface area contributed by atoms with Crippen molar-refractivity contribution in [2.75, 3.05) is 7.05 Å². The van der Waals surface area contributed by atoms with Crippen LogP contribution in [0.2, 0.25) is 0 Å². The number of rotatable bonds is 5. The molecule has 2 saturated carbocycles. The average Bonchev–Trinajstić information content (AvgIpc) is 2.48. The van der Waals surface area contributed by atoms with Gasteiger partial charge in [0.1, 0.15) is 0 Å². The highest BCUT2D eigenvalue weighted by Gasteiger charge is 2.34. The summed E-state index contributed by atoms with van der Waals surface area (Å²) in [6.45, 7) is 4.59. The molecule has 2 unspecified atom stereocenters. The smallest absolute Gasteiger partial charge is 0.222 e. The third-order valence-corrected chi connectivity index (χ3v) is 5.86. The van der Waals surface area contributed by atoms with Crippen LogP contribution in [0.3, 0.4) is 0 Å². The fourth-order valence-electron chi connectivity index (χ4n) is 4.45. The maximum absolute atomic E-state index is 12.6. The third kappa shape index (κ3) is 4.45. The van der Waals surface area contributed by atoms with Gasteiger partial charge in [-0.05, 0) is 44.6 Å². The Kier molecular flexibility index (Phi) is 6.09. The lowest BCUT2D eigenvalue weighted by Crippen LogP contribution is -2.51. The van der Waals surface area contributed by atoms with Crippen LogP contribution >= 0.6 is 0 Å². The van der Waals surface area contributed by atoms with E-state index in [1.165, 1.54) is 44.9 Å². The first-order valence-corrected chi connectivity index (χ1v) is 9.04. The van der Waals surface area contributed by atoms with E-state index in [2.05, 4.69) is 24.5 Å². The Morgan fingerprint density at radius 1 is 1.10 bits per heavy atom. The van der Waals surface area contributed by atoms with Crippen LogP contribution in [-0.2, 0) is 4.79 Å². The van der Waals surface area contributed by atoms with Crippen LogP contribution in [0.25, 0.3) is 0 Å². The lowest BCUT2D eigenvalue weighted by Gasteiger charge is -2.39. The summed E-state index contributed by atoms with van der Waals surface area (Å²) in [6.07, 6.45) is 11.8. The summed E-state index contributed by atoms with van der Waals surface area (Å²) in [7, 11) is 2.02. The van der Waals surface area contributed by atoms with Crippen molar-refractivity contribution in [3.8, 4) is 0 Å². The fraction of sp³-hybridized carbons (Fsp3) is 0.944. The van der Waals surface area contributed by atoms with E-state index in [0.717, 1.165) is 12.8 Å². The van der Waals surface area contributed by atoms with Gasteiger partial charge in [0.25, 0.3) is 0 Å². The van der Waals surface area contributed by atoms with E-state index in [4.69, 9.17) is 0 Å². The molecule has 2 N–H and O–H groups in total. The zero-order chi connectivity index (χ0) is 15.3. The van der Waals surface area contributed by atoms with E-state index in [1.54, 1.807) is 0 Å². The highest BCUT2D eigenvalue weighted by molar-refractivity contribution is 5.77. The van der Waals surface area contributed by atoms with E-state index in [1.807, 2.05) is 7.05 Å². The standard InChI is InChI=1S/C18H34N2O/c1-14(2)15-9-5-6-10-16(15)20-17(21)13-18(19-3)11-7-4-8-12-18/h14-16,19H,4-13H2,1-3H3,(H,20,21). The van der Waals surface area contributed by atoms with Crippen LogP contribution in [-0.4, -0.2) is 24.5 Å². The maximum Gasteiger partial charge on any atom is 0.222 e. The van der Waals surface area contributed by atoms with Crippen LogP contribution < -0.4 is 10.6 Å². The SMILES string of the molecule is CNC1(CC(=O)NC2CCCCC2C(C)C)CCCCC1. The summed E-state index contributed by atoms with van der Waals surface area (Å²) in [6, 6.07) is 0.406. The van der Waals surface area contributed by atoms with Gasteiger partial charge in [0, 0.05) is 18.0 Å². The van der Waals surface area contributed by atoms with Gasteiger partial charge >= 0.3 is 0 Å². The third-order valence-electron chi connectivity index (χ3n) is 5.86. The minimum atomic E-state index is 0.0598. The van der Waals surface area contributed by atoms with Gasteiger partial charge in [-0.15, -0.1) is 0 Å². The zero-order valence-corrected chi connectivity index (χ0v) is 14.2. The van der Waals surface area contributed by atoms with Crippen molar-refractivity contribution in [3.05, 3.63) is 0 Å². The van der Waals surface area contributed by atoms with Crippen molar-refractivity contribution in [2.24, 2.45) is 11.8 Å². The van der Waals surface area contributed by atoms with Crippen LogP contribution in [0.4, 0.5) is 0 Å². The van der Waals surface area contributed by atoms with Crippen LogP contribution in [0.1, 0.15) is 78.1 Å². The lowest BCUT2D eigenvalue weighted by molar-refractivity contribution is -0.124. The summed E-state index contributed by atoms with van der Waals surface area (Å²) in [5.41, 5.74) is 0.0598. The molecule has 2 rings (SSSR count). The van der Waals surface area contributed by atoms with E-state index in [-0.39, 0.29) is 11.4 Å². The molecule has 2 aliphatic rings. The number of hydrogen-bond donors (Lipinski definition) is 2. The second-order valence-electron chi connectivity index (χ2n) is 7.63. The molecule has 0 aliphatic heterocycles. The summed E-state index contributed by atoms with van der Waals surface area (Å²) >= 11 is 0. The zero-order valence-electron chi connectivity index (χ0n) is 14.2. The predicted octanol–water partition coefficient (Wildman–Crippen LogP) is 3.63. The largest absolute Gasteiger partial charge is 0.353 e. The molecule has 0 aromatic heterocycles. The fourth-order valence-corrected chi connectivity index (χ4v) is 4.45. The van der Waals surface area contributed by atoms with Gasteiger partial charge in [0.2, 0.25) is 5.91 Å². The van der Waals surface area contributed by atoms with Crippen molar-refractivity contribution in [1.29, 1.82) is 0 Å². The molecule has 21 heavy (non-hydrogen) atoms. The molecule has 122 valence electrons. The van der Waals surface area contributed by atoms with Gasteiger partial charge in [0.05, 0.1) is 0 Å². The Balaban J connectivity index is 1.90. The number of nitrogens with one attached hydrogen (secondary N) is 2. The summed E-state index contributed by atoms with van der Waals surface area (Å²) < 4.78 is 0. The van der Waals surface area contributed by atoms with Crippen LogP contribution in [0.15, 0.2) is 0 Å². The van der Waals surface area contributed by atoms with E-state index < -0.39 is 0 Å². The second-order valence-corrected chi connectivity index (χ2v) is 7.63. The minimum Gasteiger partial charge on any atom is -0.353 e. The number of carbonyl (C=O) groups is 1. The van der Waals surface area contributed by atoms with Crippen molar-refractivity contribution < 1.29 is 4.79 Å². The highest BCUT2D eigenvalue weighted by atomic mass is 16.1. The van der Waals surface area contributed by atoms with Crippen LogP contribution in [0.5, 0.6) is 0 Å². The van der Waals surface area contributed by atoms with Gasteiger partial charge in [0.15, 0.2) is 0 Å². The molecular formula is C18H34N2O. The molecule has 1 amide bonds. The van der Waals surface area contributed by atoms with Crippen molar-refractivity contribution in [2.45, 2.75) is 89.6 Å². The van der Waals surface area contributed by atoms with Gasteiger partial charge in [-0.1, -0.05) is 46.0 Å². The predicted molar refractivity (Wildman–Crippen MR) is 88.2 cm³/mol. The van der Waals surface area contributed by atoms with Gasteiger partial charge in [-0.3, -0.25) is 4.79 Å². The first kappa shape index (κ1) is 16.8. The van der Waals surface area contributed by atoms with E-state index in [0.29, 0.717) is 24.3 Å². The second kappa shape index (κ2) is 7.62. The van der Waals surface area contributed by atoms with Crippen molar-refractivity contribution in [1.82, 2.24) is 10.6 Å². The minimum absolute atomic E-state index is 0.0598. The summed E-state index contributed by atoms with van der Waals surface area (Å²) in [5.74, 6) is 1.60. The molecule has 0 bridgehead atoms. The van der Waals surface area contributed by atoms with E-state index in [9.17, 15) is 4.79 Å². The molecule has 2 aliphatic carbocycles. The molecule has 0 saturated heterocycles. The Labute approximate surface area is 130 Å². The van der Waals surface area contributed by atoms with Gasteiger partial charge < -0.3 is 10.6 Å². The average molecular weight is 294 g/mol. The quantitative estimate of drug-likeness (QED) is 0.813. The monoisotopic (exact) mass is 294 g/mol. The van der Waals surface area contributed by atoms with E-state index >= 15 is 0 Å². The van der Waals surface area contributed by atoms with Gasteiger partial charge in [-0.25, -0.2) is 0 Å². The highest BCUT2D eigenvalue weighted by Crippen LogP contribution is 2.32. The summed E-state index contributed by atoms with van der Waals surface area (Å²) in [4.78, 5) is 12.6. The maximum atomic E-state index is 12.6. The Morgan fingerprint density at radius 2 is 1.76 bits per heavy atom. The lowest BCUT2D eigenvalue weighted by atomic mass is 9.77. The molecule has 2 atom stereocenters. The molecular weight excluding hydrogens is 260 g/mol. The first-order chi connectivity index (χ1) is 10.1. The van der Waals surface area contributed by atoms with Gasteiger partial charge in [-0.2, -0.15) is 0 Å². The summed E-state index contributed by atoms with van der Waals surface area (Å²) in [5, 5.41) is 6.84. The molecule has 2 fully saturated rings. The Bertz CT molecular complexity index is 334. The molecule has 3 nitrogen and oxygen atoms in total. The van der Waals surface area contributed by atoms with Crippen LogP contribution in [0, 0.1) is 11.8 Å². The molecule has 0 aromatic rings. The normalized spacial score (nSPS) is 29.3. The molecule has 3 heteroatoms. The first-order valence-electron chi connectivity index (χ1n) is 9.04.